The van der Waals surface area contributed by atoms with Crippen LogP contribution in [0.5, 0.6) is 5.75 Å². The lowest BCUT2D eigenvalue weighted by Gasteiger charge is -2.23. The van der Waals surface area contributed by atoms with Crippen molar-refractivity contribution in [1.29, 1.82) is 0 Å². The summed E-state index contributed by atoms with van der Waals surface area (Å²) >= 11 is 0. The fraction of sp³-hybridized carbons (Fsp3) is 0.0769. The number of carbonyl (C=O) groups excluding carboxylic acids is 2. The first kappa shape index (κ1) is 19.6. The van der Waals surface area contributed by atoms with E-state index in [-0.39, 0.29) is 11.3 Å². The number of amides is 1. The number of aliphatic hydroxyl groups is 1. The number of benzene rings is 3. The van der Waals surface area contributed by atoms with Gasteiger partial charge in [-0.25, -0.2) is 0 Å². The van der Waals surface area contributed by atoms with E-state index in [0.29, 0.717) is 22.8 Å². The summed E-state index contributed by atoms with van der Waals surface area (Å²) in [5.41, 5.74) is 0.954. The minimum atomic E-state index is -0.905. The number of ketones is 1. The van der Waals surface area contributed by atoms with Gasteiger partial charge in [0.25, 0.3) is 11.7 Å². The quantitative estimate of drug-likeness (QED) is 0.281. The molecule has 1 aliphatic heterocycles. The van der Waals surface area contributed by atoms with Crippen molar-refractivity contribution >= 4 is 33.9 Å². The highest BCUT2D eigenvalue weighted by Crippen LogP contribution is 2.43. The topological polar surface area (TPSA) is 80.0 Å². The summed E-state index contributed by atoms with van der Waals surface area (Å²) in [5.74, 6) is -0.749. The number of rotatable bonds is 4. The smallest absolute Gasteiger partial charge is 0.300 e. The molecule has 0 aliphatic carbocycles. The van der Waals surface area contributed by atoms with E-state index in [2.05, 4.69) is 0 Å². The lowest BCUT2D eigenvalue weighted by Crippen LogP contribution is -2.29. The number of aliphatic hydroxyl groups excluding tert-OH is 1. The van der Waals surface area contributed by atoms with Crippen LogP contribution >= 0.6 is 0 Å². The Kier molecular flexibility index (Phi) is 4.75. The van der Waals surface area contributed by atoms with E-state index in [1.165, 1.54) is 11.2 Å². The first-order chi connectivity index (χ1) is 15.6. The number of ether oxygens (including phenoxy) is 1. The van der Waals surface area contributed by atoms with Gasteiger partial charge in [-0.1, -0.05) is 42.5 Å². The van der Waals surface area contributed by atoms with Gasteiger partial charge in [-0.15, -0.1) is 0 Å². The first-order valence-electron chi connectivity index (χ1n) is 10.1. The monoisotopic (exact) mass is 425 g/mol. The molecule has 1 aliphatic rings. The maximum Gasteiger partial charge on any atom is 0.300 e. The van der Waals surface area contributed by atoms with Crippen LogP contribution in [0.3, 0.4) is 0 Å². The van der Waals surface area contributed by atoms with Crippen LogP contribution in [0.25, 0.3) is 16.5 Å². The normalized spacial score (nSPS) is 17.8. The van der Waals surface area contributed by atoms with Gasteiger partial charge < -0.3 is 14.3 Å². The second kappa shape index (κ2) is 7.74. The molecule has 1 aromatic heterocycles. The number of anilines is 1. The maximum atomic E-state index is 13.2. The van der Waals surface area contributed by atoms with Crippen LogP contribution in [0.2, 0.25) is 0 Å². The van der Waals surface area contributed by atoms with E-state index in [1.54, 1.807) is 55.6 Å². The molecule has 1 saturated heterocycles. The highest BCUT2D eigenvalue weighted by atomic mass is 16.5. The molecule has 1 amide bonds. The Balaban J connectivity index is 1.73. The predicted molar refractivity (Wildman–Crippen MR) is 120 cm³/mol. The van der Waals surface area contributed by atoms with Crippen molar-refractivity contribution in [2.24, 2.45) is 0 Å². The van der Waals surface area contributed by atoms with E-state index in [9.17, 15) is 14.7 Å². The van der Waals surface area contributed by atoms with Crippen LogP contribution in [0, 0.1) is 0 Å². The zero-order valence-corrected chi connectivity index (χ0v) is 17.2. The van der Waals surface area contributed by atoms with Gasteiger partial charge in [0.15, 0.2) is 0 Å². The van der Waals surface area contributed by atoms with Gasteiger partial charge in [0, 0.05) is 11.3 Å². The van der Waals surface area contributed by atoms with E-state index in [4.69, 9.17) is 9.15 Å². The number of Topliss-reactive ketones (excluding diaryl/α,β-unsaturated/α-hetero) is 1. The minimum Gasteiger partial charge on any atom is -0.507 e. The Morgan fingerprint density at radius 3 is 2.41 bits per heavy atom. The molecule has 32 heavy (non-hydrogen) atoms. The van der Waals surface area contributed by atoms with E-state index >= 15 is 0 Å². The third-order valence-electron chi connectivity index (χ3n) is 5.65. The van der Waals surface area contributed by atoms with Gasteiger partial charge in [-0.05, 0) is 47.2 Å². The zero-order chi connectivity index (χ0) is 22.2. The highest BCUT2D eigenvalue weighted by molar-refractivity contribution is 6.51. The summed E-state index contributed by atoms with van der Waals surface area (Å²) in [6.07, 6.45) is 1.47. The van der Waals surface area contributed by atoms with Crippen LogP contribution in [-0.4, -0.2) is 23.9 Å². The molecule has 1 N–H and O–H groups in total. The van der Waals surface area contributed by atoms with E-state index in [0.717, 1.165) is 10.8 Å². The molecule has 0 radical (unpaired) electrons. The van der Waals surface area contributed by atoms with Crippen molar-refractivity contribution < 1.29 is 23.8 Å². The molecule has 1 fully saturated rings. The molecule has 3 aromatic carbocycles. The number of carbonyl (C=O) groups is 2. The molecule has 6 nitrogen and oxygen atoms in total. The van der Waals surface area contributed by atoms with Gasteiger partial charge in [0.2, 0.25) is 0 Å². The van der Waals surface area contributed by atoms with Crippen LogP contribution in [-0.2, 0) is 9.59 Å². The summed E-state index contributed by atoms with van der Waals surface area (Å²) in [6, 6.07) is 22.3. The lowest BCUT2D eigenvalue weighted by molar-refractivity contribution is -0.132. The molecule has 0 spiro atoms. The van der Waals surface area contributed by atoms with Crippen molar-refractivity contribution in [3.63, 3.8) is 0 Å². The van der Waals surface area contributed by atoms with Crippen LogP contribution < -0.4 is 9.64 Å². The summed E-state index contributed by atoms with van der Waals surface area (Å²) in [7, 11) is 1.55. The predicted octanol–water partition coefficient (Wildman–Crippen LogP) is 5.07. The summed E-state index contributed by atoms with van der Waals surface area (Å²) in [4.78, 5) is 27.7. The van der Waals surface area contributed by atoms with Crippen molar-refractivity contribution in [1.82, 2.24) is 0 Å². The van der Waals surface area contributed by atoms with E-state index < -0.39 is 17.7 Å². The Labute approximate surface area is 184 Å². The molecule has 158 valence electrons. The molecular formula is C26H19NO5. The lowest BCUT2D eigenvalue weighted by atomic mass is 9.96. The summed E-state index contributed by atoms with van der Waals surface area (Å²) in [5, 5.41) is 13.0. The Morgan fingerprint density at radius 1 is 0.938 bits per heavy atom. The van der Waals surface area contributed by atoms with Crippen LogP contribution in [0.15, 0.2) is 95.1 Å². The minimum absolute atomic E-state index is 0.0166. The fourth-order valence-electron chi connectivity index (χ4n) is 4.13. The largest absolute Gasteiger partial charge is 0.507 e. The molecule has 0 saturated carbocycles. The average Bonchev–Trinajstić information content (AvgIpc) is 3.45. The molecule has 5 rings (SSSR count). The number of fused-ring (bicyclic) bond motifs is 1. The Bertz CT molecular complexity index is 1350. The van der Waals surface area contributed by atoms with Crippen LogP contribution in [0.4, 0.5) is 5.69 Å². The van der Waals surface area contributed by atoms with Crippen LogP contribution in [0.1, 0.15) is 17.4 Å². The molecule has 2 heterocycles. The van der Waals surface area contributed by atoms with Gasteiger partial charge in [-0.2, -0.15) is 0 Å². The maximum absolute atomic E-state index is 13.2. The van der Waals surface area contributed by atoms with Crippen molar-refractivity contribution in [3.8, 4) is 5.75 Å². The average molecular weight is 425 g/mol. The number of hydrogen-bond donors (Lipinski definition) is 1. The van der Waals surface area contributed by atoms with Gasteiger partial charge in [-0.3, -0.25) is 14.5 Å². The van der Waals surface area contributed by atoms with Gasteiger partial charge >= 0.3 is 0 Å². The molecule has 0 bridgehead atoms. The Hall–Kier alpha value is -4.32. The number of hydrogen-bond acceptors (Lipinski definition) is 5. The summed E-state index contributed by atoms with van der Waals surface area (Å²) in [6.45, 7) is 0. The Morgan fingerprint density at radius 2 is 1.69 bits per heavy atom. The number of furan rings is 1. The SMILES string of the molecule is COc1ccc(N2C(=O)C(=O)/C(=C(\O)c3cccc4ccccc34)C2c2ccco2)cc1. The molecule has 6 heteroatoms. The summed E-state index contributed by atoms with van der Waals surface area (Å²) < 4.78 is 10.8. The van der Waals surface area contributed by atoms with E-state index in [1.807, 2.05) is 30.3 Å². The molecule has 1 unspecified atom stereocenters. The third-order valence-corrected chi connectivity index (χ3v) is 5.65. The van der Waals surface area contributed by atoms with Gasteiger partial charge in [0.1, 0.15) is 23.3 Å². The van der Waals surface area contributed by atoms with Crippen molar-refractivity contribution in [2.45, 2.75) is 6.04 Å². The first-order valence-corrected chi connectivity index (χ1v) is 10.1. The number of methoxy groups -OCH3 is 1. The molecule has 1 atom stereocenters. The highest BCUT2D eigenvalue weighted by Gasteiger charge is 2.48. The standard InChI is InChI=1S/C26H19NO5/c1-31-18-13-11-17(12-14-18)27-23(21-10-5-15-32-21)22(25(29)26(27)30)24(28)20-9-4-7-16-6-2-3-8-19(16)20/h2-15,23,28H,1H3/b24-22-. The van der Waals surface area contributed by atoms with Crippen molar-refractivity contribution in [3.05, 3.63) is 102 Å². The zero-order valence-electron chi connectivity index (χ0n) is 17.2. The molecular weight excluding hydrogens is 406 g/mol. The van der Waals surface area contributed by atoms with Crippen molar-refractivity contribution in [2.75, 3.05) is 12.0 Å². The fourth-order valence-corrected chi connectivity index (χ4v) is 4.13. The second-order valence-corrected chi connectivity index (χ2v) is 7.41. The molecule has 4 aromatic rings. The third kappa shape index (κ3) is 3.04. The second-order valence-electron chi connectivity index (χ2n) is 7.41. The van der Waals surface area contributed by atoms with Gasteiger partial charge in [0.05, 0.1) is 18.9 Å². The number of nitrogens with zero attached hydrogens (tertiary/aromatic N) is 1.